The van der Waals surface area contributed by atoms with Gasteiger partial charge in [-0.1, -0.05) is 0 Å². The van der Waals surface area contributed by atoms with E-state index in [1.807, 2.05) is 6.07 Å². The van der Waals surface area contributed by atoms with Crippen LogP contribution in [0.4, 0.5) is 11.4 Å². The number of fused-ring (bicyclic) bond motifs is 2. The average molecular weight is 281 g/mol. The van der Waals surface area contributed by atoms with Gasteiger partial charge in [-0.2, -0.15) is 0 Å². The largest absolute Gasteiger partial charge is 0.399 e. The second-order valence-electron chi connectivity index (χ2n) is 5.69. The molecule has 5 nitrogen and oxygen atoms in total. The summed E-state index contributed by atoms with van der Waals surface area (Å²) < 4.78 is 23.3. The summed E-state index contributed by atoms with van der Waals surface area (Å²) in [4.78, 5) is 2.44. The lowest BCUT2D eigenvalue weighted by atomic mass is 10.1. The first kappa shape index (κ1) is 12.7. The summed E-state index contributed by atoms with van der Waals surface area (Å²) in [6.07, 6.45) is 3.67. The smallest absolute Gasteiger partial charge is 0.238 e. The molecule has 2 atom stereocenters. The standard InChI is InChI=1S/C13H19N3O2S/c1-8-12(16-7-9-2-3-11(16)4-9)5-10(14)6-13(8)19(15,17)18/h5-6,9,11H,2-4,7,14H2,1H3,(H2,15,17,18). The summed E-state index contributed by atoms with van der Waals surface area (Å²) in [5, 5.41) is 5.27. The van der Waals surface area contributed by atoms with Gasteiger partial charge in [0.05, 0.1) is 4.90 Å². The Morgan fingerprint density at radius 1 is 1.32 bits per heavy atom. The molecule has 104 valence electrons. The third-order valence-corrected chi connectivity index (χ3v) is 5.42. The third kappa shape index (κ3) is 2.08. The van der Waals surface area contributed by atoms with E-state index in [1.165, 1.54) is 25.3 Å². The van der Waals surface area contributed by atoms with Crippen molar-refractivity contribution in [3.05, 3.63) is 17.7 Å². The molecular formula is C13H19N3O2S. The van der Waals surface area contributed by atoms with E-state index in [2.05, 4.69) is 4.90 Å². The minimum atomic E-state index is -3.73. The van der Waals surface area contributed by atoms with Crippen LogP contribution in [0.1, 0.15) is 24.8 Å². The molecule has 19 heavy (non-hydrogen) atoms. The van der Waals surface area contributed by atoms with E-state index in [-0.39, 0.29) is 4.90 Å². The SMILES string of the molecule is Cc1c(N2CC3CCC2C3)cc(N)cc1S(N)(=O)=O. The minimum absolute atomic E-state index is 0.144. The summed E-state index contributed by atoms with van der Waals surface area (Å²) >= 11 is 0. The molecule has 1 aliphatic heterocycles. The van der Waals surface area contributed by atoms with Crippen molar-refractivity contribution in [3.8, 4) is 0 Å². The van der Waals surface area contributed by atoms with Crippen LogP contribution in [0.3, 0.4) is 0 Å². The van der Waals surface area contributed by atoms with Crippen molar-refractivity contribution in [1.29, 1.82) is 0 Å². The molecule has 2 aliphatic rings. The van der Waals surface area contributed by atoms with Gasteiger partial charge in [-0.05, 0) is 49.8 Å². The van der Waals surface area contributed by atoms with Crippen LogP contribution in [0.5, 0.6) is 0 Å². The maximum Gasteiger partial charge on any atom is 0.238 e. The number of hydrogen-bond acceptors (Lipinski definition) is 4. The fourth-order valence-electron chi connectivity index (χ4n) is 3.51. The van der Waals surface area contributed by atoms with Crippen molar-refractivity contribution >= 4 is 21.4 Å². The Balaban J connectivity index is 2.09. The Labute approximate surface area is 113 Å². The van der Waals surface area contributed by atoms with Crippen LogP contribution in [0, 0.1) is 12.8 Å². The quantitative estimate of drug-likeness (QED) is 0.797. The maximum atomic E-state index is 11.6. The molecule has 3 rings (SSSR count). The zero-order chi connectivity index (χ0) is 13.8. The predicted molar refractivity (Wildman–Crippen MR) is 75.4 cm³/mol. The van der Waals surface area contributed by atoms with Crippen LogP contribution in [0.2, 0.25) is 0 Å². The van der Waals surface area contributed by atoms with Gasteiger partial charge < -0.3 is 10.6 Å². The summed E-state index contributed by atoms with van der Waals surface area (Å²) in [6.45, 7) is 2.81. The van der Waals surface area contributed by atoms with E-state index in [9.17, 15) is 8.42 Å². The van der Waals surface area contributed by atoms with E-state index in [0.29, 0.717) is 17.3 Å². The molecule has 0 aromatic heterocycles. The molecule has 4 N–H and O–H groups in total. The Kier molecular flexibility index (Phi) is 2.76. The Bertz CT molecular complexity index is 627. The molecule has 2 unspecified atom stereocenters. The molecule has 0 radical (unpaired) electrons. The van der Waals surface area contributed by atoms with Crippen LogP contribution in [-0.4, -0.2) is 21.0 Å². The van der Waals surface area contributed by atoms with Gasteiger partial charge in [0.25, 0.3) is 0 Å². The van der Waals surface area contributed by atoms with Gasteiger partial charge in [0.2, 0.25) is 10.0 Å². The van der Waals surface area contributed by atoms with E-state index < -0.39 is 10.0 Å². The lowest BCUT2D eigenvalue weighted by Crippen LogP contribution is -2.33. The molecule has 1 saturated heterocycles. The normalized spacial score (nSPS) is 26.1. The Morgan fingerprint density at radius 3 is 2.58 bits per heavy atom. The van der Waals surface area contributed by atoms with Crippen LogP contribution in [-0.2, 0) is 10.0 Å². The van der Waals surface area contributed by atoms with Gasteiger partial charge >= 0.3 is 0 Å². The van der Waals surface area contributed by atoms with E-state index >= 15 is 0 Å². The molecule has 6 heteroatoms. The number of nitrogens with zero attached hydrogens (tertiary/aromatic N) is 1. The third-order valence-electron chi connectivity index (χ3n) is 4.38. The lowest BCUT2D eigenvalue weighted by Gasteiger charge is -2.31. The summed E-state index contributed by atoms with van der Waals surface area (Å²) in [7, 11) is -3.73. The molecule has 1 saturated carbocycles. The fraction of sp³-hybridized carbons (Fsp3) is 0.538. The molecule has 1 aromatic carbocycles. The number of nitrogens with two attached hydrogens (primary N) is 2. The molecule has 1 aromatic rings. The molecule has 0 spiro atoms. The fourth-order valence-corrected chi connectivity index (χ4v) is 4.34. The second kappa shape index (κ2) is 4.11. The highest BCUT2D eigenvalue weighted by Crippen LogP contribution is 2.42. The van der Waals surface area contributed by atoms with Crippen LogP contribution >= 0.6 is 0 Å². The Morgan fingerprint density at radius 2 is 2.05 bits per heavy atom. The number of primary sulfonamides is 1. The number of anilines is 2. The molecule has 2 fully saturated rings. The molecule has 0 amide bonds. The number of sulfonamides is 1. The molecule has 2 bridgehead atoms. The van der Waals surface area contributed by atoms with Crippen molar-refractivity contribution in [3.63, 3.8) is 0 Å². The highest BCUT2D eigenvalue weighted by molar-refractivity contribution is 7.89. The summed E-state index contributed by atoms with van der Waals surface area (Å²) in [5.41, 5.74) is 7.93. The summed E-state index contributed by atoms with van der Waals surface area (Å²) in [5.74, 6) is 0.740. The predicted octanol–water partition coefficient (Wildman–Crippen LogP) is 1.21. The van der Waals surface area contributed by atoms with E-state index in [4.69, 9.17) is 10.9 Å². The average Bonchev–Trinajstić information content (AvgIpc) is 2.92. The first-order valence-electron chi connectivity index (χ1n) is 6.56. The number of piperidine rings is 1. The monoisotopic (exact) mass is 281 g/mol. The van der Waals surface area contributed by atoms with Crippen LogP contribution in [0.15, 0.2) is 17.0 Å². The Hall–Kier alpha value is -1.27. The van der Waals surface area contributed by atoms with Gasteiger partial charge in [0.1, 0.15) is 0 Å². The zero-order valence-electron chi connectivity index (χ0n) is 11.0. The van der Waals surface area contributed by atoms with Crippen molar-refractivity contribution in [1.82, 2.24) is 0 Å². The van der Waals surface area contributed by atoms with Crippen molar-refractivity contribution in [2.45, 2.75) is 37.1 Å². The van der Waals surface area contributed by atoms with Gasteiger partial charge in [0, 0.05) is 24.0 Å². The van der Waals surface area contributed by atoms with E-state index in [0.717, 1.165) is 18.2 Å². The minimum Gasteiger partial charge on any atom is -0.399 e. The molecule has 1 heterocycles. The molecule has 1 aliphatic carbocycles. The van der Waals surface area contributed by atoms with Gasteiger partial charge in [-0.3, -0.25) is 0 Å². The van der Waals surface area contributed by atoms with Crippen LogP contribution in [0.25, 0.3) is 0 Å². The van der Waals surface area contributed by atoms with Crippen molar-refractivity contribution in [2.75, 3.05) is 17.2 Å². The first-order valence-corrected chi connectivity index (χ1v) is 8.10. The lowest BCUT2D eigenvalue weighted by molar-refractivity contribution is 0.552. The van der Waals surface area contributed by atoms with Crippen molar-refractivity contribution < 1.29 is 8.42 Å². The number of rotatable bonds is 2. The maximum absolute atomic E-state index is 11.6. The van der Waals surface area contributed by atoms with Gasteiger partial charge in [0.15, 0.2) is 0 Å². The van der Waals surface area contributed by atoms with Crippen LogP contribution < -0.4 is 15.8 Å². The number of hydrogen-bond donors (Lipinski definition) is 2. The zero-order valence-corrected chi connectivity index (χ0v) is 11.8. The highest BCUT2D eigenvalue weighted by atomic mass is 32.2. The van der Waals surface area contributed by atoms with Gasteiger partial charge in [-0.25, -0.2) is 13.6 Å². The number of nitrogen functional groups attached to an aromatic ring is 1. The topological polar surface area (TPSA) is 89.4 Å². The van der Waals surface area contributed by atoms with E-state index in [1.54, 1.807) is 6.92 Å². The summed E-state index contributed by atoms with van der Waals surface area (Å²) in [6, 6.07) is 3.84. The number of benzene rings is 1. The second-order valence-corrected chi connectivity index (χ2v) is 7.22. The molecular weight excluding hydrogens is 262 g/mol. The van der Waals surface area contributed by atoms with Crippen molar-refractivity contribution in [2.24, 2.45) is 11.1 Å². The first-order chi connectivity index (χ1) is 8.86. The van der Waals surface area contributed by atoms with Gasteiger partial charge in [-0.15, -0.1) is 0 Å². The highest BCUT2D eigenvalue weighted by Gasteiger charge is 2.38.